The Balaban J connectivity index is 1.68. The van der Waals surface area contributed by atoms with E-state index in [4.69, 9.17) is 0 Å². The highest BCUT2D eigenvalue weighted by atomic mass is 16.1. The zero-order valence-electron chi connectivity index (χ0n) is 13.2. The normalized spacial score (nSPS) is 18.3. The maximum atomic E-state index is 11.9. The van der Waals surface area contributed by atoms with Crippen LogP contribution in [-0.4, -0.2) is 33.1 Å². The molecule has 21 heavy (non-hydrogen) atoms. The third-order valence-corrected chi connectivity index (χ3v) is 4.12. The summed E-state index contributed by atoms with van der Waals surface area (Å²) in [6, 6.07) is 8.30. The molecule has 0 aromatic heterocycles. The quantitative estimate of drug-likeness (QED) is 0.843. The topological polar surface area (TPSA) is 44.4 Å². The Bertz CT molecular complexity index is 436. The first-order valence-electron chi connectivity index (χ1n) is 7.89. The Labute approximate surface area is 127 Å². The molecule has 116 valence electrons. The molecule has 1 atom stereocenters. The van der Waals surface area contributed by atoms with E-state index in [1.54, 1.807) is 0 Å². The van der Waals surface area contributed by atoms with E-state index in [0.717, 1.165) is 25.1 Å². The number of rotatable bonds is 6. The number of carbonyl (C=O) groups excluding carboxylic acids is 1. The van der Waals surface area contributed by atoms with Crippen LogP contribution < -0.4 is 15.5 Å². The van der Waals surface area contributed by atoms with Crippen molar-refractivity contribution in [2.24, 2.45) is 5.92 Å². The van der Waals surface area contributed by atoms with Crippen molar-refractivity contribution in [2.45, 2.75) is 32.2 Å². The first-order valence-corrected chi connectivity index (χ1v) is 7.89. The van der Waals surface area contributed by atoms with E-state index in [2.05, 4.69) is 39.8 Å². The largest absolute Gasteiger partial charge is 0.378 e. The second-order valence-electron chi connectivity index (χ2n) is 6.09. The fourth-order valence-corrected chi connectivity index (χ4v) is 2.71. The predicted octanol–water partition coefficient (Wildman–Crippen LogP) is 2.15. The highest BCUT2D eigenvalue weighted by Gasteiger charge is 2.14. The molecule has 0 aliphatic carbocycles. The van der Waals surface area contributed by atoms with Crippen LogP contribution in [0.5, 0.6) is 0 Å². The Morgan fingerprint density at radius 1 is 1.33 bits per heavy atom. The van der Waals surface area contributed by atoms with Crippen molar-refractivity contribution in [3.05, 3.63) is 29.8 Å². The van der Waals surface area contributed by atoms with Gasteiger partial charge in [-0.05, 0) is 56.0 Å². The molecule has 1 aliphatic heterocycles. The summed E-state index contributed by atoms with van der Waals surface area (Å²) in [6.45, 7) is 2.82. The average Bonchev–Trinajstić information content (AvgIpc) is 2.52. The molecule has 4 heteroatoms. The Morgan fingerprint density at radius 3 is 2.71 bits per heavy atom. The molecule has 1 amide bonds. The van der Waals surface area contributed by atoms with E-state index in [1.165, 1.54) is 18.5 Å². The summed E-state index contributed by atoms with van der Waals surface area (Å²) in [4.78, 5) is 14.0. The maximum Gasteiger partial charge on any atom is 0.220 e. The van der Waals surface area contributed by atoms with Crippen LogP contribution in [0.1, 0.15) is 31.2 Å². The van der Waals surface area contributed by atoms with Gasteiger partial charge in [0.15, 0.2) is 0 Å². The molecule has 4 nitrogen and oxygen atoms in total. The summed E-state index contributed by atoms with van der Waals surface area (Å²) in [7, 11) is 4.05. The minimum absolute atomic E-state index is 0.164. The third kappa shape index (κ3) is 5.38. The van der Waals surface area contributed by atoms with Gasteiger partial charge in [-0.15, -0.1) is 0 Å². The number of carbonyl (C=O) groups is 1. The van der Waals surface area contributed by atoms with E-state index in [-0.39, 0.29) is 5.91 Å². The number of piperidine rings is 1. The summed E-state index contributed by atoms with van der Waals surface area (Å²) >= 11 is 0. The lowest BCUT2D eigenvalue weighted by atomic mass is 9.94. The van der Waals surface area contributed by atoms with Gasteiger partial charge in [-0.2, -0.15) is 0 Å². The third-order valence-electron chi connectivity index (χ3n) is 4.12. The second kappa shape index (κ2) is 8.03. The minimum atomic E-state index is 0.164. The Hall–Kier alpha value is -1.55. The van der Waals surface area contributed by atoms with E-state index >= 15 is 0 Å². The first kappa shape index (κ1) is 15.8. The van der Waals surface area contributed by atoms with Gasteiger partial charge >= 0.3 is 0 Å². The number of hydrogen-bond acceptors (Lipinski definition) is 3. The van der Waals surface area contributed by atoms with E-state index in [0.29, 0.717) is 18.9 Å². The molecule has 2 rings (SSSR count). The van der Waals surface area contributed by atoms with Crippen molar-refractivity contribution in [2.75, 3.05) is 32.1 Å². The molecule has 0 spiro atoms. The molecular formula is C17H27N3O. The zero-order valence-corrected chi connectivity index (χ0v) is 13.2. The van der Waals surface area contributed by atoms with E-state index in [9.17, 15) is 4.79 Å². The number of nitrogens with one attached hydrogen (secondary N) is 2. The second-order valence-corrected chi connectivity index (χ2v) is 6.09. The average molecular weight is 289 g/mol. The van der Waals surface area contributed by atoms with E-state index in [1.807, 2.05) is 14.1 Å². The summed E-state index contributed by atoms with van der Waals surface area (Å²) in [5.74, 6) is 0.834. The lowest BCUT2D eigenvalue weighted by molar-refractivity contribution is -0.121. The van der Waals surface area contributed by atoms with Crippen LogP contribution in [0.25, 0.3) is 0 Å². The number of anilines is 1. The van der Waals surface area contributed by atoms with E-state index < -0.39 is 0 Å². The summed E-state index contributed by atoms with van der Waals surface area (Å²) in [5.41, 5.74) is 2.32. The highest BCUT2D eigenvalue weighted by molar-refractivity contribution is 5.75. The monoisotopic (exact) mass is 289 g/mol. The lowest BCUT2D eigenvalue weighted by Gasteiger charge is -2.22. The molecule has 1 heterocycles. The fraction of sp³-hybridized carbons (Fsp3) is 0.588. The van der Waals surface area contributed by atoms with Crippen molar-refractivity contribution in [3.8, 4) is 0 Å². The van der Waals surface area contributed by atoms with Gasteiger partial charge < -0.3 is 15.5 Å². The minimum Gasteiger partial charge on any atom is -0.378 e. The molecule has 1 fully saturated rings. The van der Waals surface area contributed by atoms with Gasteiger partial charge in [0.05, 0.1) is 0 Å². The molecule has 1 aromatic carbocycles. The van der Waals surface area contributed by atoms with Crippen molar-refractivity contribution >= 4 is 11.6 Å². The molecule has 1 aromatic rings. The van der Waals surface area contributed by atoms with Crippen LogP contribution in [-0.2, 0) is 11.3 Å². The maximum absolute atomic E-state index is 11.9. The number of benzene rings is 1. The summed E-state index contributed by atoms with van der Waals surface area (Å²) in [5, 5.41) is 6.41. The van der Waals surface area contributed by atoms with Crippen LogP contribution in [0, 0.1) is 5.92 Å². The van der Waals surface area contributed by atoms with Gasteiger partial charge in [-0.25, -0.2) is 0 Å². The number of amides is 1. The van der Waals surface area contributed by atoms with Crippen molar-refractivity contribution in [3.63, 3.8) is 0 Å². The zero-order chi connectivity index (χ0) is 15.1. The molecular weight excluding hydrogens is 262 g/mol. The van der Waals surface area contributed by atoms with Gasteiger partial charge in [-0.3, -0.25) is 4.79 Å². The lowest BCUT2D eigenvalue weighted by Crippen LogP contribution is -2.31. The highest BCUT2D eigenvalue weighted by Crippen LogP contribution is 2.16. The Morgan fingerprint density at radius 2 is 2.10 bits per heavy atom. The molecule has 1 saturated heterocycles. The molecule has 0 saturated carbocycles. The SMILES string of the molecule is CN(C)c1ccc(CNC(=O)CCC2CCCNC2)cc1. The smallest absolute Gasteiger partial charge is 0.220 e. The fourth-order valence-electron chi connectivity index (χ4n) is 2.71. The van der Waals surface area contributed by atoms with Crippen LogP contribution in [0.4, 0.5) is 5.69 Å². The standard InChI is InChI=1S/C17H27N3O/c1-20(2)16-8-5-15(6-9-16)13-19-17(21)10-7-14-4-3-11-18-12-14/h5-6,8-9,14,18H,3-4,7,10-13H2,1-2H3,(H,19,21). The molecule has 0 radical (unpaired) electrons. The van der Waals surface area contributed by atoms with Gasteiger partial charge in [0.1, 0.15) is 0 Å². The van der Waals surface area contributed by atoms with Crippen LogP contribution >= 0.6 is 0 Å². The molecule has 0 bridgehead atoms. The first-order chi connectivity index (χ1) is 10.1. The van der Waals surface area contributed by atoms with Crippen molar-refractivity contribution in [1.29, 1.82) is 0 Å². The summed E-state index contributed by atoms with van der Waals surface area (Å²) in [6.07, 6.45) is 4.14. The molecule has 1 aliphatic rings. The van der Waals surface area contributed by atoms with Crippen molar-refractivity contribution < 1.29 is 4.79 Å². The van der Waals surface area contributed by atoms with Gasteiger partial charge in [0.2, 0.25) is 5.91 Å². The molecule has 1 unspecified atom stereocenters. The van der Waals surface area contributed by atoms with Gasteiger partial charge in [0.25, 0.3) is 0 Å². The number of hydrogen-bond donors (Lipinski definition) is 2. The van der Waals surface area contributed by atoms with Gasteiger partial charge in [0, 0.05) is 32.7 Å². The van der Waals surface area contributed by atoms with Crippen molar-refractivity contribution in [1.82, 2.24) is 10.6 Å². The predicted molar refractivity (Wildman–Crippen MR) is 87.4 cm³/mol. The van der Waals surface area contributed by atoms with Crippen LogP contribution in [0.3, 0.4) is 0 Å². The number of nitrogens with zero attached hydrogens (tertiary/aromatic N) is 1. The van der Waals surface area contributed by atoms with Crippen LogP contribution in [0.15, 0.2) is 24.3 Å². The summed E-state index contributed by atoms with van der Waals surface area (Å²) < 4.78 is 0. The molecule has 2 N–H and O–H groups in total. The Kier molecular flexibility index (Phi) is 6.05. The van der Waals surface area contributed by atoms with Crippen LogP contribution in [0.2, 0.25) is 0 Å². The van der Waals surface area contributed by atoms with Gasteiger partial charge in [-0.1, -0.05) is 12.1 Å².